The lowest BCUT2D eigenvalue weighted by Gasteiger charge is -2.12. The Morgan fingerprint density at radius 1 is 1.12 bits per heavy atom. The van der Waals surface area contributed by atoms with E-state index in [1.807, 2.05) is 33.9 Å². The molecule has 0 unspecified atom stereocenters. The molecular weight excluding hydrogens is 210 g/mol. The molecule has 3 heteroatoms. The standard InChI is InChI=1S/C7H17N.C5H8N2.C2H6/c1-4-6-8(3)7-5-2;1-4-3-6-5(2)7-4;1-2/h4-7H2,1-3H3;3H,1-2H3,(H,6,7);1-2H3. The molecule has 0 aliphatic heterocycles. The molecule has 0 atom stereocenters. The molecule has 1 heterocycles. The summed E-state index contributed by atoms with van der Waals surface area (Å²) >= 11 is 0. The van der Waals surface area contributed by atoms with Gasteiger partial charge in [0.1, 0.15) is 5.82 Å². The van der Waals surface area contributed by atoms with Crippen LogP contribution in [0.2, 0.25) is 0 Å². The first kappa shape index (κ1) is 18.5. The Morgan fingerprint density at radius 2 is 1.59 bits per heavy atom. The number of hydrogen-bond acceptors (Lipinski definition) is 2. The van der Waals surface area contributed by atoms with Gasteiger partial charge >= 0.3 is 0 Å². The Balaban J connectivity index is 0. The highest BCUT2D eigenvalue weighted by molar-refractivity contribution is 4.95. The van der Waals surface area contributed by atoms with Crippen molar-refractivity contribution < 1.29 is 0 Å². The van der Waals surface area contributed by atoms with Crippen molar-refractivity contribution in [3.8, 4) is 0 Å². The molecular formula is C14H31N3. The van der Waals surface area contributed by atoms with Crippen LogP contribution < -0.4 is 0 Å². The first-order chi connectivity index (χ1) is 8.10. The van der Waals surface area contributed by atoms with Gasteiger partial charge in [-0.1, -0.05) is 27.7 Å². The van der Waals surface area contributed by atoms with Gasteiger partial charge < -0.3 is 9.88 Å². The van der Waals surface area contributed by atoms with Gasteiger partial charge in [0.2, 0.25) is 0 Å². The minimum absolute atomic E-state index is 0.984. The second-order valence-corrected chi connectivity index (χ2v) is 3.95. The van der Waals surface area contributed by atoms with E-state index < -0.39 is 0 Å². The molecule has 0 fully saturated rings. The molecule has 102 valence electrons. The normalized spacial score (nSPS) is 9.18. The number of nitrogens with one attached hydrogen (secondary N) is 1. The summed E-state index contributed by atoms with van der Waals surface area (Å²) in [5.74, 6) is 0.984. The fourth-order valence-corrected chi connectivity index (χ4v) is 1.42. The molecule has 1 aromatic rings. The van der Waals surface area contributed by atoms with E-state index in [0.29, 0.717) is 0 Å². The van der Waals surface area contributed by atoms with Crippen LogP contribution in [-0.2, 0) is 0 Å². The fraction of sp³-hybridized carbons (Fsp3) is 0.786. The molecule has 0 amide bonds. The van der Waals surface area contributed by atoms with Gasteiger partial charge in [-0.05, 0) is 46.8 Å². The molecule has 0 radical (unpaired) electrons. The summed E-state index contributed by atoms with van der Waals surface area (Å²) in [6.07, 6.45) is 4.36. The van der Waals surface area contributed by atoms with E-state index in [4.69, 9.17) is 0 Å². The third-order valence-electron chi connectivity index (χ3n) is 2.04. The highest BCUT2D eigenvalue weighted by Gasteiger charge is 1.90. The van der Waals surface area contributed by atoms with Crippen molar-refractivity contribution in [1.82, 2.24) is 14.9 Å². The molecule has 0 aliphatic rings. The first-order valence-electron chi connectivity index (χ1n) is 6.76. The molecule has 0 saturated heterocycles. The predicted molar refractivity (Wildman–Crippen MR) is 77.5 cm³/mol. The SMILES string of the molecule is CC.CCCN(C)CCC.Cc1cnc(C)[nH]1. The van der Waals surface area contributed by atoms with Crippen LogP contribution in [0.4, 0.5) is 0 Å². The van der Waals surface area contributed by atoms with Gasteiger partial charge in [0.25, 0.3) is 0 Å². The van der Waals surface area contributed by atoms with Crippen LogP contribution >= 0.6 is 0 Å². The lowest BCUT2D eigenvalue weighted by molar-refractivity contribution is 0.335. The molecule has 0 spiro atoms. The number of aromatic amines is 1. The maximum atomic E-state index is 3.96. The Morgan fingerprint density at radius 3 is 1.76 bits per heavy atom. The van der Waals surface area contributed by atoms with Crippen LogP contribution in [0.3, 0.4) is 0 Å². The number of nitrogens with zero attached hydrogens (tertiary/aromatic N) is 2. The van der Waals surface area contributed by atoms with E-state index in [1.54, 1.807) is 0 Å². The lowest BCUT2D eigenvalue weighted by atomic mass is 10.4. The molecule has 0 bridgehead atoms. The van der Waals surface area contributed by atoms with Gasteiger partial charge in [-0.25, -0.2) is 4.98 Å². The van der Waals surface area contributed by atoms with E-state index in [0.717, 1.165) is 11.5 Å². The zero-order valence-electron chi connectivity index (χ0n) is 12.8. The van der Waals surface area contributed by atoms with Crippen LogP contribution in [0.25, 0.3) is 0 Å². The summed E-state index contributed by atoms with van der Waals surface area (Å²) in [4.78, 5) is 9.35. The van der Waals surface area contributed by atoms with Crippen molar-refractivity contribution in [2.45, 2.75) is 54.4 Å². The highest BCUT2D eigenvalue weighted by Crippen LogP contribution is 1.89. The van der Waals surface area contributed by atoms with Gasteiger partial charge in [-0.3, -0.25) is 0 Å². The molecule has 0 saturated carbocycles. The number of H-pyrrole nitrogens is 1. The van der Waals surface area contributed by atoms with Crippen LogP contribution in [-0.4, -0.2) is 35.0 Å². The quantitative estimate of drug-likeness (QED) is 0.869. The van der Waals surface area contributed by atoms with Gasteiger partial charge in [0.15, 0.2) is 0 Å². The van der Waals surface area contributed by atoms with E-state index in [2.05, 4.69) is 35.8 Å². The topological polar surface area (TPSA) is 31.9 Å². The molecule has 1 aromatic heterocycles. The van der Waals surface area contributed by atoms with Crippen LogP contribution in [0.1, 0.15) is 52.1 Å². The number of aryl methyl sites for hydroxylation is 2. The summed E-state index contributed by atoms with van der Waals surface area (Å²) < 4.78 is 0. The van der Waals surface area contributed by atoms with Gasteiger partial charge in [-0.2, -0.15) is 0 Å². The Kier molecular flexibility index (Phi) is 14.4. The van der Waals surface area contributed by atoms with E-state index in [1.165, 1.54) is 25.9 Å². The largest absolute Gasteiger partial charge is 0.346 e. The third kappa shape index (κ3) is 13.1. The Hall–Kier alpha value is -0.830. The van der Waals surface area contributed by atoms with Gasteiger partial charge in [-0.15, -0.1) is 0 Å². The minimum Gasteiger partial charge on any atom is -0.346 e. The first-order valence-corrected chi connectivity index (χ1v) is 6.76. The molecule has 3 nitrogen and oxygen atoms in total. The third-order valence-corrected chi connectivity index (χ3v) is 2.04. The zero-order chi connectivity index (χ0) is 13.7. The molecule has 17 heavy (non-hydrogen) atoms. The van der Waals surface area contributed by atoms with Crippen LogP contribution in [0, 0.1) is 13.8 Å². The van der Waals surface area contributed by atoms with E-state index >= 15 is 0 Å². The monoisotopic (exact) mass is 241 g/mol. The number of aromatic nitrogens is 2. The van der Waals surface area contributed by atoms with Gasteiger partial charge in [0.05, 0.1) is 0 Å². The van der Waals surface area contributed by atoms with Crippen LogP contribution in [0.5, 0.6) is 0 Å². The fourth-order valence-electron chi connectivity index (χ4n) is 1.42. The molecule has 1 N–H and O–H groups in total. The summed E-state index contributed by atoms with van der Waals surface area (Å²) in [7, 11) is 2.17. The van der Waals surface area contributed by atoms with Crippen molar-refractivity contribution in [2.24, 2.45) is 0 Å². The molecule has 1 rings (SSSR count). The lowest BCUT2D eigenvalue weighted by Crippen LogP contribution is -2.19. The smallest absolute Gasteiger partial charge is 0.103 e. The maximum absolute atomic E-state index is 3.96. The van der Waals surface area contributed by atoms with Crippen LogP contribution in [0.15, 0.2) is 6.20 Å². The van der Waals surface area contributed by atoms with E-state index in [9.17, 15) is 0 Å². The Labute approximate surface area is 108 Å². The van der Waals surface area contributed by atoms with Crippen molar-refractivity contribution in [3.05, 3.63) is 17.7 Å². The number of imidazole rings is 1. The molecule has 0 aromatic carbocycles. The maximum Gasteiger partial charge on any atom is 0.103 e. The number of hydrogen-bond donors (Lipinski definition) is 1. The summed E-state index contributed by atoms with van der Waals surface area (Å²) in [5.41, 5.74) is 1.12. The summed E-state index contributed by atoms with van der Waals surface area (Å²) in [5, 5.41) is 0. The second kappa shape index (κ2) is 13.2. The minimum atomic E-state index is 0.984. The average Bonchev–Trinajstić information content (AvgIpc) is 2.67. The van der Waals surface area contributed by atoms with Crippen molar-refractivity contribution >= 4 is 0 Å². The van der Waals surface area contributed by atoms with Crippen molar-refractivity contribution in [3.63, 3.8) is 0 Å². The zero-order valence-corrected chi connectivity index (χ0v) is 12.8. The van der Waals surface area contributed by atoms with Crippen molar-refractivity contribution in [2.75, 3.05) is 20.1 Å². The van der Waals surface area contributed by atoms with Gasteiger partial charge in [0, 0.05) is 11.9 Å². The highest BCUT2D eigenvalue weighted by atomic mass is 15.1. The summed E-state index contributed by atoms with van der Waals surface area (Å²) in [6, 6.07) is 0. The average molecular weight is 241 g/mol. The molecule has 0 aliphatic carbocycles. The van der Waals surface area contributed by atoms with E-state index in [-0.39, 0.29) is 0 Å². The summed E-state index contributed by atoms with van der Waals surface area (Å²) in [6.45, 7) is 14.8. The number of rotatable bonds is 4. The van der Waals surface area contributed by atoms with Crippen molar-refractivity contribution in [1.29, 1.82) is 0 Å². The predicted octanol–water partition coefficient (Wildman–Crippen LogP) is 3.79. The second-order valence-electron chi connectivity index (χ2n) is 3.95. The Bertz CT molecular complexity index is 221.